The van der Waals surface area contributed by atoms with Crippen molar-refractivity contribution in [3.8, 4) is 34.1 Å². The number of halogens is 2. The monoisotopic (exact) mass is 1110 g/mol. The first-order valence-electron chi connectivity index (χ1n) is 28.9. The Balaban J connectivity index is 0.770. The number of hydrogen-bond donors (Lipinski definition) is 0. The first-order valence-corrected chi connectivity index (χ1v) is 29.7. The Morgan fingerprint density at radius 2 is 1.46 bits per heavy atom. The molecule has 3 aliphatic rings. The Morgan fingerprint density at radius 3 is 2.24 bits per heavy atom. The zero-order valence-electron chi connectivity index (χ0n) is 46.7. The number of thiophene rings is 1. The van der Waals surface area contributed by atoms with E-state index in [4.69, 9.17) is 37.9 Å². The van der Waals surface area contributed by atoms with E-state index in [1.54, 1.807) is 48.9 Å². The summed E-state index contributed by atoms with van der Waals surface area (Å²) < 4.78 is 81.0. The first kappa shape index (κ1) is 57.0. The van der Waals surface area contributed by atoms with Crippen molar-refractivity contribution in [1.82, 2.24) is 0 Å². The second kappa shape index (κ2) is 28.0. The summed E-state index contributed by atoms with van der Waals surface area (Å²) >= 11 is 1.67. The molecule has 0 bridgehead atoms. The average molecular weight is 1110 g/mol. The SMILES string of the molecule is CCC1(COCCCCCCOc2ccc(COc3c(/C=N/N=C(\C)c4cc5ccccc5s4)cc(CCc4ccc(-c5ccc(OCCCCCOCC6CCC7OC7C6)cc5)c(F)c4F)c4ccccc34)cc2OC)COC1. The number of rotatable bonds is 31. The highest BCUT2D eigenvalue weighted by Crippen LogP contribution is 2.40. The van der Waals surface area contributed by atoms with E-state index in [1.807, 2.05) is 79.7 Å². The third-order valence-corrected chi connectivity index (χ3v) is 17.2. The number of aryl methyl sites for hydroxylation is 2. The van der Waals surface area contributed by atoms with Crippen molar-refractivity contribution in [3.63, 3.8) is 0 Å². The molecule has 1 aliphatic carbocycles. The molecule has 2 saturated heterocycles. The van der Waals surface area contributed by atoms with Crippen LogP contribution in [0.25, 0.3) is 32.0 Å². The fourth-order valence-corrected chi connectivity index (χ4v) is 11.9. The highest BCUT2D eigenvalue weighted by atomic mass is 32.1. The molecule has 422 valence electrons. The van der Waals surface area contributed by atoms with E-state index < -0.39 is 11.6 Å². The fourth-order valence-electron chi connectivity index (χ4n) is 10.9. The van der Waals surface area contributed by atoms with Crippen LogP contribution in [0.5, 0.6) is 23.0 Å². The molecule has 0 N–H and O–H groups in total. The molecule has 3 heterocycles. The minimum atomic E-state index is -0.871. The van der Waals surface area contributed by atoms with Gasteiger partial charge in [0.05, 0.1) is 69.2 Å². The summed E-state index contributed by atoms with van der Waals surface area (Å²) in [5.41, 5.74) is 4.63. The van der Waals surface area contributed by atoms with Gasteiger partial charge in [0.1, 0.15) is 18.1 Å². The number of unbranched alkanes of at least 4 members (excludes halogenated alkanes) is 5. The number of benzene rings is 6. The van der Waals surface area contributed by atoms with Crippen LogP contribution < -0.4 is 18.9 Å². The summed E-state index contributed by atoms with van der Waals surface area (Å²) in [6, 6.07) is 36.9. The van der Waals surface area contributed by atoms with Gasteiger partial charge in [-0.25, -0.2) is 8.78 Å². The second-order valence-corrected chi connectivity index (χ2v) is 22.9. The Morgan fingerprint density at radius 1 is 0.713 bits per heavy atom. The molecule has 80 heavy (non-hydrogen) atoms. The zero-order valence-corrected chi connectivity index (χ0v) is 47.5. The number of ether oxygens (including phenoxy) is 8. The van der Waals surface area contributed by atoms with E-state index >= 15 is 8.78 Å². The number of nitrogens with zero attached hydrogens (tertiary/aromatic N) is 2. The van der Waals surface area contributed by atoms with E-state index in [0.29, 0.717) is 77.4 Å². The standard InChI is InChI=1S/C67H76F2N2O8S/c1-4-67(44-75-45-67)43-74-33-12-5-6-14-35-77-58-30-20-48(36-60(58)72-3)42-78-66-53(40-70-71-46(2)63-39-52-16-8-11-19-62(52)80-63)38-51(55-17-9-10-18-57(55)66)23-22-50-26-29-56(65(69)64(50)68)49-24-27-54(28-25-49)76-34-15-7-13-32-73-41-47-21-31-59-61(37-47)79-59/h8-11,16-20,24-30,36,38-40,47,59,61H,4-7,12-15,21-23,31-35,37,41-45H2,1-3H3/b70-40+,71-46+. The van der Waals surface area contributed by atoms with Gasteiger partial charge in [-0.1, -0.05) is 86.1 Å². The van der Waals surface area contributed by atoms with Crippen LogP contribution in [-0.4, -0.2) is 84.1 Å². The van der Waals surface area contributed by atoms with Gasteiger partial charge in [0.15, 0.2) is 23.1 Å². The van der Waals surface area contributed by atoms with E-state index in [2.05, 4.69) is 35.3 Å². The molecule has 0 amide bonds. The van der Waals surface area contributed by atoms with Crippen molar-refractivity contribution in [3.05, 3.63) is 154 Å². The maximum absolute atomic E-state index is 16.1. The number of fused-ring (bicyclic) bond motifs is 3. The number of methoxy groups -OCH3 is 1. The molecule has 10 nitrogen and oxygen atoms in total. The van der Waals surface area contributed by atoms with Crippen molar-refractivity contribution in [1.29, 1.82) is 0 Å². The first-order chi connectivity index (χ1) is 39.3. The quantitative estimate of drug-likeness (QED) is 0.0183. The lowest BCUT2D eigenvalue weighted by Crippen LogP contribution is -2.45. The highest BCUT2D eigenvalue weighted by Gasteiger charge is 2.43. The molecule has 2 aliphatic heterocycles. The predicted molar refractivity (Wildman–Crippen MR) is 317 cm³/mol. The predicted octanol–water partition coefficient (Wildman–Crippen LogP) is 15.7. The van der Waals surface area contributed by atoms with Crippen molar-refractivity contribution < 1.29 is 46.7 Å². The molecule has 3 unspecified atom stereocenters. The molecule has 3 fully saturated rings. The number of hydrogen-bond acceptors (Lipinski definition) is 11. The van der Waals surface area contributed by atoms with E-state index in [9.17, 15) is 0 Å². The van der Waals surface area contributed by atoms with Gasteiger partial charge in [-0.15, -0.1) is 11.3 Å². The lowest BCUT2D eigenvalue weighted by Gasteiger charge is -2.40. The van der Waals surface area contributed by atoms with Gasteiger partial charge in [0.25, 0.3) is 0 Å². The Kier molecular flexibility index (Phi) is 19.9. The van der Waals surface area contributed by atoms with Gasteiger partial charge < -0.3 is 37.9 Å². The molecule has 7 aromatic rings. The topological polar surface area (TPSA) is 102 Å². The lowest BCUT2D eigenvalue weighted by atomic mass is 9.84. The van der Waals surface area contributed by atoms with Gasteiger partial charge >= 0.3 is 0 Å². The fraction of sp³-hybridized carbons (Fsp3) is 0.433. The Labute approximate surface area is 474 Å². The molecule has 13 heteroatoms. The van der Waals surface area contributed by atoms with Crippen LogP contribution in [0.3, 0.4) is 0 Å². The van der Waals surface area contributed by atoms with Crippen LogP contribution in [-0.2, 0) is 38.4 Å². The van der Waals surface area contributed by atoms with Crippen molar-refractivity contribution in [2.75, 3.05) is 60.0 Å². The largest absolute Gasteiger partial charge is 0.494 e. The highest BCUT2D eigenvalue weighted by molar-refractivity contribution is 7.20. The van der Waals surface area contributed by atoms with E-state index in [-0.39, 0.29) is 24.0 Å². The van der Waals surface area contributed by atoms with Gasteiger partial charge in [-0.2, -0.15) is 10.2 Å². The summed E-state index contributed by atoms with van der Waals surface area (Å²) in [6.07, 6.45) is 15.1. The zero-order chi connectivity index (χ0) is 55.1. The van der Waals surface area contributed by atoms with Gasteiger partial charge in [-0.05, 0) is 165 Å². The van der Waals surface area contributed by atoms with Gasteiger partial charge in [0, 0.05) is 46.4 Å². The molecule has 0 radical (unpaired) electrons. The summed E-state index contributed by atoms with van der Waals surface area (Å²) in [5, 5.41) is 12.2. The summed E-state index contributed by atoms with van der Waals surface area (Å²) in [5.74, 6) is 1.55. The number of epoxide rings is 1. The second-order valence-electron chi connectivity index (χ2n) is 21.8. The average Bonchev–Trinajstić information content (AvgIpc) is 4.25. The molecule has 1 aromatic heterocycles. The molecule has 3 atom stereocenters. The van der Waals surface area contributed by atoms with Crippen molar-refractivity contribution in [2.24, 2.45) is 21.5 Å². The van der Waals surface area contributed by atoms with Crippen molar-refractivity contribution >= 4 is 44.1 Å². The van der Waals surface area contributed by atoms with Crippen LogP contribution in [0.1, 0.15) is 112 Å². The Hall–Kier alpha value is -6.22. The normalized spacial score (nSPS) is 17.7. The minimum Gasteiger partial charge on any atom is -0.494 e. The van der Waals surface area contributed by atoms with E-state index in [1.165, 1.54) is 17.5 Å². The molecule has 1 saturated carbocycles. The van der Waals surface area contributed by atoms with Gasteiger partial charge in [0.2, 0.25) is 0 Å². The van der Waals surface area contributed by atoms with Gasteiger partial charge in [-0.3, -0.25) is 0 Å². The van der Waals surface area contributed by atoms with Crippen LogP contribution in [0, 0.1) is 23.0 Å². The maximum Gasteiger partial charge on any atom is 0.166 e. The maximum atomic E-state index is 16.1. The lowest BCUT2D eigenvalue weighted by molar-refractivity contribution is -0.150. The summed E-state index contributed by atoms with van der Waals surface area (Å²) in [6.45, 7) is 10.3. The van der Waals surface area contributed by atoms with Crippen LogP contribution >= 0.6 is 11.3 Å². The Bertz CT molecular complexity index is 3170. The molecule has 6 aromatic carbocycles. The summed E-state index contributed by atoms with van der Waals surface area (Å²) in [4.78, 5) is 1.03. The molecule has 0 spiro atoms. The molecule has 10 rings (SSSR count). The van der Waals surface area contributed by atoms with Crippen molar-refractivity contribution in [2.45, 2.75) is 116 Å². The minimum absolute atomic E-state index is 0.205. The van der Waals surface area contributed by atoms with Crippen LogP contribution in [0.4, 0.5) is 8.78 Å². The summed E-state index contributed by atoms with van der Waals surface area (Å²) in [7, 11) is 1.65. The van der Waals surface area contributed by atoms with E-state index in [0.717, 1.165) is 135 Å². The smallest absolute Gasteiger partial charge is 0.166 e. The van der Waals surface area contributed by atoms with Crippen LogP contribution in [0.15, 0.2) is 125 Å². The van der Waals surface area contributed by atoms with Crippen LogP contribution in [0.2, 0.25) is 0 Å². The molecular weight excluding hydrogens is 1030 g/mol. The third-order valence-electron chi connectivity index (χ3n) is 16.0. The molecular formula is C67H76F2N2O8S. The third kappa shape index (κ3) is 14.8.